The van der Waals surface area contributed by atoms with Gasteiger partial charge >= 0.3 is 6.18 Å². The SMILES string of the molecule is CC(NC(=O)c1sc(CCN(C)CCN(C)C)nc1C(F)(F)F)c1cccc(N(C)C)c1. The zero-order chi connectivity index (χ0) is 24.1. The summed E-state index contributed by atoms with van der Waals surface area (Å²) in [4.78, 5) is 22.2. The van der Waals surface area contributed by atoms with Crippen LogP contribution in [0.1, 0.15) is 38.9 Å². The Balaban J connectivity index is 2.14. The van der Waals surface area contributed by atoms with Crippen molar-refractivity contribution in [2.45, 2.75) is 25.6 Å². The van der Waals surface area contributed by atoms with Crippen molar-refractivity contribution in [2.24, 2.45) is 0 Å². The molecule has 0 aliphatic heterocycles. The molecular weight excluding hydrogens is 439 g/mol. The van der Waals surface area contributed by atoms with E-state index in [1.165, 1.54) is 0 Å². The van der Waals surface area contributed by atoms with Gasteiger partial charge in [-0.25, -0.2) is 4.98 Å². The predicted octanol–water partition coefficient (Wildman–Crippen LogP) is 3.75. The number of thiazole rings is 1. The third-order valence-corrected chi connectivity index (χ3v) is 6.13. The van der Waals surface area contributed by atoms with Gasteiger partial charge in [0.05, 0.1) is 11.0 Å². The van der Waals surface area contributed by atoms with Gasteiger partial charge in [0.15, 0.2) is 5.69 Å². The topological polar surface area (TPSA) is 51.7 Å². The first-order valence-electron chi connectivity index (χ1n) is 10.4. The number of nitrogens with one attached hydrogen (secondary N) is 1. The highest BCUT2D eigenvalue weighted by Gasteiger charge is 2.39. The summed E-state index contributed by atoms with van der Waals surface area (Å²) in [5.74, 6) is -0.759. The largest absolute Gasteiger partial charge is 0.435 e. The molecule has 0 aliphatic rings. The first-order valence-corrected chi connectivity index (χ1v) is 11.2. The molecule has 0 bridgehead atoms. The number of alkyl halides is 3. The van der Waals surface area contributed by atoms with Crippen LogP contribution in [0.15, 0.2) is 24.3 Å². The standard InChI is InChI=1S/C22H32F3N5OS/c1-15(16-8-7-9-17(14-16)29(4)5)26-21(31)19-20(22(23,24)25)27-18(32-19)10-11-30(6)13-12-28(2)3/h7-9,14-15H,10-13H2,1-6H3,(H,26,31). The number of hydrogen-bond donors (Lipinski definition) is 1. The maximum atomic E-state index is 13.6. The Kier molecular flexibility index (Phi) is 9.06. The average Bonchev–Trinajstić information content (AvgIpc) is 3.16. The van der Waals surface area contributed by atoms with E-state index in [1.807, 2.05) is 74.2 Å². The van der Waals surface area contributed by atoms with Crippen molar-refractivity contribution in [3.8, 4) is 0 Å². The van der Waals surface area contributed by atoms with E-state index in [0.29, 0.717) is 18.0 Å². The molecule has 2 aromatic rings. The lowest BCUT2D eigenvalue weighted by molar-refractivity contribution is -0.141. The van der Waals surface area contributed by atoms with Crippen molar-refractivity contribution < 1.29 is 18.0 Å². The van der Waals surface area contributed by atoms with Crippen LogP contribution >= 0.6 is 11.3 Å². The van der Waals surface area contributed by atoms with Crippen LogP contribution in [0.3, 0.4) is 0 Å². The Morgan fingerprint density at radius 1 is 1.12 bits per heavy atom. The maximum absolute atomic E-state index is 13.6. The number of nitrogens with zero attached hydrogens (tertiary/aromatic N) is 4. The molecule has 1 heterocycles. The lowest BCUT2D eigenvalue weighted by Crippen LogP contribution is -2.30. The van der Waals surface area contributed by atoms with E-state index in [9.17, 15) is 18.0 Å². The minimum absolute atomic E-state index is 0.307. The fraction of sp³-hybridized carbons (Fsp3) is 0.545. The van der Waals surface area contributed by atoms with E-state index in [2.05, 4.69) is 10.3 Å². The van der Waals surface area contributed by atoms with Gasteiger partial charge in [0, 0.05) is 45.8 Å². The molecule has 2 rings (SSSR count). The second-order valence-electron chi connectivity index (χ2n) is 8.32. The Labute approximate surface area is 192 Å². The Bertz CT molecular complexity index is 898. The summed E-state index contributed by atoms with van der Waals surface area (Å²) in [5.41, 5.74) is 0.642. The number of rotatable bonds is 10. The van der Waals surface area contributed by atoms with E-state index in [0.717, 1.165) is 35.7 Å². The van der Waals surface area contributed by atoms with Gasteiger partial charge in [0.25, 0.3) is 5.91 Å². The zero-order valence-electron chi connectivity index (χ0n) is 19.5. The number of hydrogen-bond acceptors (Lipinski definition) is 6. The molecule has 0 aliphatic carbocycles. The van der Waals surface area contributed by atoms with Crippen molar-refractivity contribution in [3.63, 3.8) is 0 Å². The van der Waals surface area contributed by atoms with Crippen LogP contribution in [0.4, 0.5) is 18.9 Å². The van der Waals surface area contributed by atoms with Crippen LogP contribution in [0.25, 0.3) is 0 Å². The average molecular weight is 472 g/mol. The Morgan fingerprint density at radius 2 is 1.81 bits per heavy atom. The van der Waals surface area contributed by atoms with Crippen LogP contribution in [0.2, 0.25) is 0 Å². The van der Waals surface area contributed by atoms with Gasteiger partial charge < -0.3 is 20.0 Å². The fourth-order valence-corrected chi connectivity index (χ4v) is 3.98. The third-order valence-electron chi connectivity index (χ3n) is 5.02. The maximum Gasteiger partial charge on any atom is 0.435 e. The lowest BCUT2D eigenvalue weighted by atomic mass is 10.1. The number of benzene rings is 1. The smallest absolute Gasteiger partial charge is 0.378 e. The number of anilines is 1. The van der Waals surface area contributed by atoms with Crippen LogP contribution < -0.4 is 10.2 Å². The van der Waals surface area contributed by atoms with Crippen molar-refractivity contribution in [1.82, 2.24) is 20.1 Å². The number of amides is 1. The van der Waals surface area contributed by atoms with E-state index in [4.69, 9.17) is 0 Å². The molecular formula is C22H32F3N5OS. The van der Waals surface area contributed by atoms with Crippen LogP contribution in [-0.2, 0) is 12.6 Å². The summed E-state index contributed by atoms with van der Waals surface area (Å²) in [6.45, 7) is 3.96. The van der Waals surface area contributed by atoms with Crippen molar-refractivity contribution >= 4 is 22.9 Å². The van der Waals surface area contributed by atoms with Crippen LogP contribution in [0, 0.1) is 0 Å². The minimum atomic E-state index is -4.69. The first-order chi connectivity index (χ1) is 14.9. The summed E-state index contributed by atoms with van der Waals surface area (Å²) in [6, 6.07) is 7.06. The molecule has 178 valence electrons. The van der Waals surface area contributed by atoms with E-state index >= 15 is 0 Å². The van der Waals surface area contributed by atoms with Crippen molar-refractivity contribution in [3.05, 3.63) is 45.4 Å². The number of halogens is 3. The molecule has 0 saturated heterocycles. The molecule has 32 heavy (non-hydrogen) atoms. The van der Waals surface area contributed by atoms with Crippen molar-refractivity contribution in [2.75, 3.05) is 59.8 Å². The van der Waals surface area contributed by atoms with Gasteiger partial charge in [-0.05, 0) is 45.8 Å². The molecule has 0 radical (unpaired) electrons. The normalized spacial score (nSPS) is 13.0. The van der Waals surface area contributed by atoms with E-state index in [-0.39, 0.29) is 4.88 Å². The number of carbonyl (C=O) groups is 1. The van der Waals surface area contributed by atoms with Gasteiger partial charge in [-0.1, -0.05) is 12.1 Å². The minimum Gasteiger partial charge on any atom is -0.378 e. The van der Waals surface area contributed by atoms with E-state index in [1.54, 1.807) is 6.92 Å². The first kappa shape index (κ1) is 26.1. The van der Waals surface area contributed by atoms with Gasteiger partial charge in [0.2, 0.25) is 0 Å². The molecule has 6 nitrogen and oxygen atoms in total. The second-order valence-corrected chi connectivity index (χ2v) is 9.41. The highest BCUT2D eigenvalue weighted by molar-refractivity contribution is 7.13. The lowest BCUT2D eigenvalue weighted by Gasteiger charge is -2.18. The van der Waals surface area contributed by atoms with Crippen LogP contribution in [-0.4, -0.2) is 75.6 Å². The fourth-order valence-electron chi connectivity index (χ4n) is 3.00. The second kappa shape index (κ2) is 11.1. The molecule has 1 aromatic carbocycles. The molecule has 0 spiro atoms. The third kappa shape index (κ3) is 7.46. The van der Waals surface area contributed by atoms with Gasteiger partial charge in [0.1, 0.15) is 4.88 Å². The molecule has 10 heteroatoms. The molecule has 0 fully saturated rings. The summed E-state index contributed by atoms with van der Waals surface area (Å²) in [6.07, 6.45) is -4.34. The number of carbonyl (C=O) groups excluding carboxylic acids is 1. The highest BCUT2D eigenvalue weighted by Crippen LogP contribution is 2.35. The monoisotopic (exact) mass is 471 g/mol. The van der Waals surface area contributed by atoms with Gasteiger partial charge in [-0.15, -0.1) is 11.3 Å². The van der Waals surface area contributed by atoms with E-state index < -0.39 is 23.8 Å². The van der Waals surface area contributed by atoms with Crippen molar-refractivity contribution in [1.29, 1.82) is 0 Å². The summed E-state index contributed by atoms with van der Waals surface area (Å²) >= 11 is 0.818. The zero-order valence-corrected chi connectivity index (χ0v) is 20.3. The Morgan fingerprint density at radius 3 is 2.41 bits per heavy atom. The molecule has 0 saturated carbocycles. The van der Waals surface area contributed by atoms with Crippen LogP contribution in [0.5, 0.6) is 0 Å². The van der Waals surface area contributed by atoms with Gasteiger partial charge in [-0.3, -0.25) is 4.79 Å². The molecule has 1 N–H and O–H groups in total. The summed E-state index contributed by atoms with van der Waals surface area (Å²) in [5, 5.41) is 3.01. The summed E-state index contributed by atoms with van der Waals surface area (Å²) in [7, 11) is 9.64. The molecule has 1 unspecified atom stereocenters. The predicted molar refractivity (Wildman–Crippen MR) is 124 cm³/mol. The molecule has 1 aromatic heterocycles. The highest BCUT2D eigenvalue weighted by atomic mass is 32.1. The van der Waals surface area contributed by atoms with Gasteiger partial charge in [-0.2, -0.15) is 13.2 Å². The Hall–Kier alpha value is -2.17. The quantitative estimate of drug-likeness (QED) is 0.572. The summed E-state index contributed by atoms with van der Waals surface area (Å²) < 4.78 is 40.7. The number of aromatic nitrogens is 1. The molecule has 1 atom stereocenters. The number of likely N-dealkylation sites (N-methyl/N-ethyl adjacent to an activating group) is 2. The molecule has 1 amide bonds.